The van der Waals surface area contributed by atoms with Gasteiger partial charge in [-0.15, -0.1) is 0 Å². The topological polar surface area (TPSA) is 155 Å². The molecule has 4 aromatic rings. The smallest absolute Gasteiger partial charge is 0.408 e. The first kappa shape index (κ1) is 22.3. The summed E-state index contributed by atoms with van der Waals surface area (Å²) in [5, 5.41) is 9.59. The van der Waals surface area contributed by atoms with E-state index in [1.807, 2.05) is 20.8 Å². The number of hydrogen-bond donors (Lipinski definition) is 3. The molecule has 4 heterocycles. The van der Waals surface area contributed by atoms with Crippen LogP contribution in [0.2, 0.25) is 0 Å². The molecule has 0 saturated carbocycles. The van der Waals surface area contributed by atoms with Gasteiger partial charge in [0.1, 0.15) is 17.4 Å². The highest BCUT2D eigenvalue weighted by Crippen LogP contribution is 2.23. The Hall–Kier alpha value is -4.48. The van der Waals surface area contributed by atoms with Crippen molar-refractivity contribution in [1.29, 1.82) is 0 Å². The maximum Gasteiger partial charge on any atom is 0.417 e. The first-order valence-corrected chi connectivity index (χ1v) is 11.0. The van der Waals surface area contributed by atoms with Crippen molar-refractivity contribution in [2.75, 3.05) is 6.54 Å². The first-order valence-electron chi connectivity index (χ1n) is 11.0. The number of β-lactam (4-membered cyclic amide) rings is 1. The molecule has 12 nitrogen and oxygen atoms in total. The number of carbonyl (C=O) groups is 3. The number of aromatic amines is 1. The third-order valence-electron chi connectivity index (χ3n) is 5.81. The summed E-state index contributed by atoms with van der Waals surface area (Å²) in [6, 6.07) is 7.34. The molecule has 0 bridgehead atoms. The molecule has 1 saturated heterocycles. The Bertz CT molecular complexity index is 1540. The Morgan fingerprint density at radius 2 is 1.97 bits per heavy atom. The minimum atomic E-state index is -0.637. The van der Waals surface area contributed by atoms with Crippen molar-refractivity contribution >= 4 is 34.5 Å². The molecule has 0 aliphatic carbocycles. The number of benzene rings is 1. The lowest BCUT2D eigenvalue weighted by Crippen LogP contribution is -2.68. The molecule has 0 radical (unpaired) electrons. The van der Waals surface area contributed by atoms with Crippen LogP contribution >= 0.6 is 0 Å². The number of fused-ring (bicyclic) bond motifs is 2. The Kier molecular flexibility index (Phi) is 5.15. The number of amides is 3. The van der Waals surface area contributed by atoms with Gasteiger partial charge in [-0.3, -0.25) is 19.4 Å². The van der Waals surface area contributed by atoms with Gasteiger partial charge in [-0.25, -0.2) is 14.3 Å². The van der Waals surface area contributed by atoms with Crippen molar-refractivity contribution < 1.29 is 18.8 Å². The number of hydrogen-bond acceptors (Lipinski definition) is 7. The lowest BCUT2D eigenvalue weighted by atomic mass is 9.96. The van der Waals surface area contributed by atoms with Gasteiger partial charge in [0.15, 0.2) is 11.2 Å². The highest BCUT2D eigenvalue weighted by Gasteiger charge is 2.43. The fraction of sp³-hybridized carbons (Fsp3) is 0.304. The number of carbonyl (C=O) groups excluding carboxylic acids is 3. The number of nitrogens with one attached hydrogen (secondary N) is 3. The van der Waals surface area contributed by atoms with Crippen LogP contribution in [0.25, 0.3) is 16.7 Å². The average Bonchev–Trinajstić information content (AvgIpc) is 3.42. The summed E-state index contributed by atoms with van der Waals surface area (Å²) >= 11 is 0. The molecule has 3 amide bonds. The molecule has 0 unspecified atom stereocenters. The van der Waals surface area contributed by atoms with Crippen LogP contribution in [-0.4, -0.2) is 60.3 Å². The number of nitrogens with zero attached hydrogens (tertiary/aromatic N) is 4. The molecule has 3 N–H and O–H groups in total. The zero-order chi connectivity index (χ0) is 24.9. The van der Waals surface area contributed by atoms with E-state index in [0.29, 0.717) is 23.3 Å². The lowest BCUT2D eigenvalue weighted by molar-refractivity contribution is -0.150. The van der Waals surface area contributed by atoms with E-state index in [0.717, 1.165) is 5.56 Å². The number of likely N-dealkylation sites (tertiary alicyclic amines) is 1. The molecular formula is C23H23N7O5. The maximum absolute atomic E-state index is 13.0. The second-order valence-electron chi connectivity index (χ2n) is 9.30. The third kappa shape index (κ3) is 4.14. The monoisotopic (exact) mass is 477 g/mol. The van der Waals surface area contributed by atoms with E-state index < -0.39 is 23.6 Å². The molecule has 1 atom stereocenters. The predicted octanol–water partition coefficient (Wildman–Crippen LogP) is 0.833. The van der Waals surface area contributed by atoms with E-state index in [1.165, 1.54) is 16.8 Å². The largest absolute Gasteiger partial charge is 0.417 e. The molecule has 5 rings (SSSR count). The molecule has 1 aliphatic heterocycles. The minimum absolute atomic E-state index is 0.0252. The van der Waals surface area contributed by atoms with Crippen LogP contribution in [0.1, 0.15) is 47.3 Å². The molecule has 3 aromatic heterocycles. The van der Waals surface area contributed by atoms with Crippen molar-refractivity contribution in [2.45, 2.75) is 38.9 Å². The van der Waals surface area contributed by atoms with E-state index in [4.69, 9.17) is 4.42 Å². The second-order valence-corrected chi connectivity index (χ2v) is 9.30. The van der Waals surface area contributed by atoms with Crippen LogP contribution in [0, 0.1) is 0 Å². The summed E-state index contributed by atoms with van der Waals surface area (Å²) in [6.45, 7) is 6.35. The van der Waals surface area contributed by atoms with Gasteiger partial charge in [0.2, 0.25) is 5.91 Å². The predicted molar refractivity (Wildman–Crippen MR) is 124 cm³/mol. The van der Waals surface area contributed by atoms with Gasteiger partial charge >= 0.3 is 5.76 Å². The molecular weight excluding hydrogens is 454 g/mol. The molecule has 35 heavy (non-hydrogen) atoms. The SMILES string of the molecule is CC(C)(C)N1C[C@H](NC(=O)c2cc(C(=O)NCc3ccc4oc(=O)[nH]c4c3)nc3ccnn23)C1=O. The average molecular weight is 477 g/mol. The van der Waals surface area contributed by atoms with Crippen molar-refractivity contribution in [2.24, 2.45) is 0 Å². The molecule has 180 valence electrons. The van der Waals surface area contributed by atoms with Crippen molar-refractivity contribution in [1.82, 2.24) is 35.1 Å². The van der Waals surface area contributed by atoms with Crippen LogP contribution in [-0.2, 0) is 11.3 Å². The third-order valence-corrected chi connectivity index (χ3v) is 5.81. The molecule has 1 fully saturated rings. The molecule has 0 spiro atoms. The van der Waals surface area contributed by atoms with Gasteiger partial charge in [0.05, 0.1) is 18.3 Å². The minimum Gasteiger partial charge on any atom is -0.408 e. The Morgan fingerprint density at radius 1 is 1.17 bits per heavy atom. The number of aromatic nitrogens is 4. The van der Waals surface area contributed by atoms with Crippen molar-refractivity contribution in [3.05, 3.63) is 64.0 Å². The summed E-state index contributed by atoms with van der Waals surface area (Å²) in [5.41, 5.74) is 1.78. The van der Waals surface area contributed by atoms with Gasteiger partial charge in [0, 0.05) is 24.2 Å². The lowest BCUT2D eigenvalue weighted by Gasteiger charge is -2.47. The van der Waals surface area contributed by atoms with E-state index in [-0.39, 0.29) is 29.4 Å². The van der Waals surface area contributed by atoms with Crippen molar-refractivity contribution in [3.63, 3.8) is 0 Å². The number of oxazole rings is 1. The zero-order valence-corrected chi connectivity index (χ0v) is 19.3. The molecule has 1 aromatic carbocycles. The fourth-order valence-corrected chi connectivity index (χ4v) is 3.94. The Balaban J connectivity index is 1.32. The number of rotatable bonds is 5. The first-order chi connectivity index (χ1) is 16.6. The summed E-state index contributed by atoms with van der Waals surface area (Å²) in [5.74, 6) is -1.75. The van der Waals surface area contributed by atoms with Crippen LogP contribution in [0.15, 0.2) is 45.7 Å². The van der Waals surface area contributed by atoms with Gasteiger partial charge < -0.3 is 20.0 Å². The van der Waals surface area contributed by atoms with E-state index in [2.05, 4.69) is 25.7 Å². The van der Waals surface area contributed by atoms with Gasteiger partial charge in [-0.1, -0.05) is 6.07 Å². The van der Waals surface area contributed by atoms with Gasteiger partial charge in [0.25, 0.3) is 11.8 Å². The quantitative estimate of drug-likeness (QED) is 0.360. The number of H-pyrrole nitrogens is 1. The summed E-state index contributed by atoms with van der Waals surface area (Å²) in [7, 11) is 0. The van der Waals surface area contributed by atoms with Gasteiger partial charge in [-0.2, -0.15) is 5.10 Å². The zero-order valence-electron chi connectivity index (χ0n) is 19.3. The standard InChI is InChI=1S/C23H23N7O5/c1-23(2,3)29-11-15(21(29)33)27-20(32)16-9-14(26-18-6-7-25-30(16)18)19(31)24-10-12-4-5-17-13(8-12)28-22(34)35-17/h4-9,15H,10-11H2,1-3H3,(H,24,31)(H,27,32)(H,28,34)/t15-/m0/s1. The normalized spacial score (nSPS) is 15.9. The summed E-state index contributed by atoms with van der Waals surface area (Å²) in [4.78, 5) is 58.2. The van der Waals surface area contributed by atoms with Crippen LogP contribution in [0.3, 0.4) is 0 Å². The van der Waals surface area contributed by atoms with E-state index in [1.54, 1.807) is 29.2 Å². The summed E-state index contributed by atoms with van der Waals surface area (Å²) in [6.07, 6.45) is 1.47. The van der Waals surface area contributed by atoms with Crippen LogP contribution < -0.4 is 16.4 Å². The fourth-order valence-electron chi connectivity index (χ4n) is 3.94. The van der Waals surface area contributed by atoms with Crippen LogP contribution in [0.4, 0.5) is 0 Å². The highest BCUT2D eigenvalue weighted by atomic mass is 16.4. The maximum atomic E-state index is 13.0. The van der Waals surface area contributed by atoms with Gasteiger partial charge in [-0.05, 0) is 38.5 Å². The van der Waals surface area contributed by atoms with Crippen LogP contribution in [0.5, 0.6) is 0 Å². The molecule has 1 aliphatic rings. The second kappa shape index (κ2) is 8.08. The van der Waals surface area contributed by atoms with E-state index >= 15 is 0 Å². The highest BCUT2D eigenvalue weighted by molar-refractivity contribution is 6.01. The summed E-state index contributed by atoms with van der Waals surface area (Å²) < 4.78 is 6.30. The van der Waals surface area contributed by atoms with Crippen molar-refractivity contribution in [3.8, 4) is 0 Å². The van der Waals surface area contributed by atoms with E-state index in [9.17, 15) is 19.2 Å². The Morgan fingerprint density at radius 3 is 2.71 bits per heavy atom. The Labute approximate surface area is 198 Å². The molecule has 12 heteroatoms.